The summed E-state index contributed by atoms with van der Waals surface area (Å²) in [6.07, 6.45) is -0.659. The molecule has 0 aliphatic carbocycles. The Morgan fingerprint density at radius 3 is 2.39 bits per heavy atom. The molecule has 0 radical (unpaired) electrons. The molecule has 1 aromatic rings. The number of benzene rings is 1. The molecule has 6 nitrogen and oxygen atoms in total. The maximum atomic E-state index is 13.3. The molecule has 0 bridgehead atoms. The van der Waals surface area contributed by atoms with Gasteiger partial charge in [0.15, 0.2) is 0 Å². The Bertz CT molecular complexity index is 440. The Morgan fingerprint density at radius 2 is 1.74 bits per heavy atom. The van der Waals surface area contributed by atoms with Gasteiger partial charge in [0, 0.05) is 45.3 Å². The normalized spacial score (nSPS) is 12.3. The van der Waals surface area contributed by atoms with Crippen molar-refractivity contribution in [2.24, 2.45) is 0 Å². The lowest BCUT2D eigenvalue weighted by Crippen LogP contribution is -2.37. The Morgan fingerprint density at radius 1 is 1.09 bits per heavy atom. The third-order valence-electron chi connectivity index (χ3n) is 2.96. The van der Waals surface area contributed by atoms with E-state index in [9.17, 15) is 9.50 Å². The summed E-state index contributed by atoms with van der Waals surface area (Å²) in [5, 5.41) is 27.8. The van der Waals surface area contributed by atoms with Crippen LogP contribution < -0.4 is 20.7 Å². The van der Waals surface area contributed by atoms with Crippen LogP contribution in [-0.2, 0) is 0 Å². The zero-order chi connectivity index (χ0) is 16.9. The number of hydrogen-bond donors (Lipinski definition) is 5. The molecule has 0 saturated heterocycles. The van der Waals surface area contributed by atoms with E-state index in [-0.39, 0.29) is 13.2 Å². The molecule has 1 rings (SSSR count). The Hall–Kier alpha value is -0.770. The van der Waals surface area contributed by atoms with Crippen molar-refractivity contribution in [1.82, 2.24) is 16.0 Å². The van der Waals surface area contributed by atoms with E-state index in [1.165, 1.54) is 6.07 Å². The Kier molecular flexibility index (Phi) is 11.1. The first-order valence-corrected chi connectivity index (χ1v) is 8.41. The molecule has 5 N–H and O–H groups in total. The van der Waals surface area contributed by atoms with Crippen molar-refractivity contribution in [3.63, 3.8) is 0 Å². The lowest BCUT2D eigenvalue weighted by molar-refractivity contribution is 0.106. The Labute approximate surface area is 144 Å². The molecule has 0 saturated carbocycles. The van der Waals surface area contributed by atoms with Crippen molar-refractivity contribution in [3.05, 3.63) is 28.5 Å². The smallest absolute Gasteiger partial charge is 0.141 e. The van der Waals surface area contributed by atoms with Crippen LogP contribution >= 0.6 is 15.9 Å². The van der Waals surface area contributed by atoms with Gasteiger partial charge in [-0.15, -0.1) is 0 Å². The van der Waals surface area contributed by atoms with Crippen LogP contribution in [-0.4, -0.2) is 68.8 Å². The third kappa shape index (κ3) is 9.85. The summed E-state index contributed by atoms with van der Waals surface area (Å²) in [7, 11) is 0. The molecule has 0 aliphatic heterocycles. The first kappa shape index (κ1) is 20.3. The first-order valence-electron chi connectivity index (χ1n) is 7.62. The topological polar surface area (TPSA) is 85.8 Å². The fourth-order valence-electron chi connectivity index (χ4n) is 1.77. The van der Waals surface area contributed by atoms with Crippen LogP contribution in [0, 0.1) is 5.82 Å². The van der Waals surface area contributed by atoms with Crippen LogP contribution in [0.2, 0.25) is 0 Å². The number of halogens is 2. The van der Waals surface area contributed by atoms with Crippen LogP contribution in [0.3, 0.4) is 0 Å². The van der Waals surface area contributed by atoms with Crippen molar-refractivity contribution < 1.29 is 19.3 Å². The van der Waals surface area contributed by atoms with E-state index in [1.54, 1.807) is 12.1 Å². The lowest BCUT2D eigenvalue weighted by Gasteiger charge is -2.14. The highest BCUT2D eigenvalue weighted by molar-refractivity contribution is 9.10. The second-order valence-electron chi connectivity index (χ2n) is 4.97. The van der Waals surface area contributed by atoms with Gasteiger partial charge in [0.2, 0.25) is 0 Å². The molecule has 0 amide bonds. The van der Waals surface area contributed by atoms with Crippen LogP contribution in [0.15, 0.2) is 22.7 Å². The van der Waals surface area contributed by atoms with Crippen molar-refractivity contribution in [2.75, 3.05) is 52.5 Å². The minimum Gasteiger partial charge on any atom is -0.491 e. The second-order valence-corrected chi connectivity index (χ2v) is 5.82. The van der Waals surface area contributed by atoms with E-state index in [2.05, 4.69) is 31.9 Å². The molecule has 0 spiro atoms. The molecule has 1 aromatic carbocycles. The van der Waals surface area contributed by atoms with Crippen LogP contribution in [0.4, 0.5) is 4.39 Å². The third-order valence-corrected chi connectivity index (χ3v) is 3.60. The van der Waals surface area contributed by atoms with E-state index in [4.69, 9.17) is 9.84 Å². The molecule has 0 aliphatic rings. The minimum atomic E-state index is -0.659. The van der Waals surface area contributed by atoms with Crippen molar-refractivity contribution in [1.29, 1.82) is 0 Å². The van der Waals surface area contributed by atoms with E-state index >= 15 is 0 Å². The summed E-state index contributed by atoms with van der Waals surface area (Å²) in [5.74, 6) is -0.00327. The van der Waals surface area contributed by atoms with Gasteiger partial charge in [-0.1, -0.05) is 0 Å². The summed E-state index contributed by atoms with van der Waals surface area (Å²) in [6.45, 7) is 4.40. The number of nitrogens with one attached hydrogen (secondary N) is 3. The van der Waals surface area contributed by atoms with Gasteiger partial charge in [-0.25, -0.2) is 4.39 Å². The van der Waals surface area contributed by atoms with E-state index < -0.39 is 11.9 Å². The largest absolute Gasteiger partial charge is 0.491 e. The maximum Gasteiger partial charge on any atom is 0.141 e. The minimum absolute atomic E-state index is 0.104. The van der Waals surface area contributed by atoms with E-state index in [0.717, 1.165) is 26.2 Å². The number of hydrogen-bond acceptors (Lipinski definition) is 6. The molecule has 23 heavy (non-hydrogen) atoms. The summed E-state index contributed by atoms with van der Waals surface area (Å²) < 4.78 is 19.0. The van der Waals surface area contributed by atoms with Crippen LogP contribution in [0.1, 0.15) is 0 Å². The lowest BCUT2D eigenvalue weighted by atomic mass is 10.3. The molecular formula is C15H25BrFN3O3. The molecule has 1 atom stereocenters. The molecule has 0 aromatic heterocycles. The van der Waals surface area contributed by atoms with Gasteiger partial charge in [-0.05, 0) is 28.1 Å². The van der Waals surface area contributed by atoms with Gasteiger partial charge in [0.25, 0.3) is 0 Å². The average Bonchev–Trinajstić information content (AvgIpc) is 2.54. The zero-order valence-electron chi connectivity index (χ0n) is 13.0. The van der Waals surface area contributed by atoms with Crippen molar-refractivity contribution >= 4 is 15.9 Å². The van der Waals surface area contributed by atoms with Crippen LogP contribution in [0.25, 0.3) is 0 Å². The predicted octanol–water partition coefficient (Wildman–Crippen LogP) is 0.0890. The van der Waals surface area contributed by atoms with Gasteiger partial charge >= 0.3 is 0 Å². The first-order chi connectivity index (χ1) is 11.1. The zero-order valence-corrected chi connectivity index (χ0v) is 14.6. The van der Waals surface area contributed by atoms with Crippen molar-refractivity contribution in [3.8, 4) is 5.75 Å². The number of aliphatic hydroxyl groups is 2. The number of ether oxygens (including phenoxy) is 1. The van der Waals surface area contributed by atoms with Gasteiger partial charge in [0.05, 0.1) is 11.1 Å². The summed E-state index contributed by atoms with van der Waals surface area (Å²) in [6, 6.07) is 4.48. The van der Waals surface area contributed by atoms with Crippen LogP contribution in [0.5, 0.6) is 5.75 Å². The molecule has 132 valence electrons. The van der Waals surface area contributed by atoms with Gasteiger partial charge < -0.3 is 30.9 Å². The molecule has 8 heteroatoms. The maximum absolute atomic E-state index is 13.3. The van der Waals surface area contributed by atoms with E-state index in [0.29, 0.717) is 23.3 Å². The monoisotopic (exact) mass is 393 g/mol. The van der Waals surface area contributed by atoms with Gasteiger partial charge in [-0.3, -0.25) is 0 Å². The van der Waals surface area contributed by atoms with E-state index in [1.807, 2.05) is 0 Å². The molecular weight excluding hydrogens is 369 g/mol. The quantitative estimate of drug-likeness (QED) is 0.305. The highest BCUT2D eigenvalue weighted by atomic mass is 79.9. The second kappa shape index (κ2) is 12.6. The average molecular weight is 394 g/mol. The fraction of sp³-hybridized carbons (Fsp3) is 0.600. The molecule has 0 heterocycles. The highest BCUT2D eigenvalue weighted by Crippen LogP contribution is 2.20. The van der Waals surface area contributed by atoms with Crippen molar-refractivity contribution in [2.45, 2.75) is 6.10 Å². The number of rotatable bonds is 13. The molecule has 0 fully saturated rings. The molecule has 1 unspecified atom stereocenters. The number of aliphatic hydroxyl groups excluding tert-OH is 2. The summed E-state index contributed by atoms with van der Waals surface area (Å²) >= 11 is 3.07. The predicted molar refractivity (Wildman–Crippen MR) is 91.3 cm³/mol. The highest BCUT2D eigenvalue weighted by Gasteiger charge is 2.06. The van der Waals surface area contributed by atoms with Gasteiger partial charge in [-0.2, -0.15) is 0 Å². The standard InChI is InChI=1S/C15H25BrFN3O3/c16-14-2-1-13(9-15(14)17)23-11-12(22)10-20-6-5-18-3-4-19-7-8-21/h1-2,9,12,18-22H,3-8,10-11H2. The van der Waals surface area contributed by atoms with Gasteiger partial charge in [0.1, 0.15) is 24.3 Å². The Balaban J connectivity index is 1.99. The SMILES string of the molecule is OCCNCCNCCNCC(O)COc1ccc(Br)c(F)c1. The fourth-order valence-corrected chi connectivity index (χ4v) is 2.02. The summed E-state index contributed by atoms with van der Waals surface area (Å²) in [4.78, 5) is 0. The summed E-state index contributed by atoms with van der Waals surface area (Å²) in [5.41, 5.74) is 0.